The molecule has 0 radical (unpaired) electrons. The zero-order valence-corrected chi connectivity index (χ0v) is 16.9. The number of benzene rings is 2. The van der Waals surface area contributed by atoms with Crippen LogP contribution < -0.4 is 16.6 Å². The number of nitrogens with one attached hydrogen (secondary N) is 2. The number of fused-ring (bicyclic) bond motifs is 1. The van der Waals surface area contributed by atoms with Gasteiger partial charge in [0.2, 0.25) is 0 Å². The first-order chi connectivity index (χ1) is 13.8. The largest absolute Gasteiger partial charge is 0.385 e. The molecule has 0 saturated heterocycles. The molecule has 4 N–H and O–H groups in total. The predicted molar refractivity (Wildman–Crippen MR) is 117 cm³/mol. The van der Waals surface area contributed by atoms with E-state index >= 15 is 0 Å². The summed E-state index contributed by atoms with van der Waals surface area (Å²) >= 11 is 12.1. The van der Waals surface area contributed by atoms with Crippen LogP contribution in [0.2, 0.25) is 10.0 Å². The molecule has 1 aliphatic rings. The molecule has 2 heterocycles. The zero-order valence-electron chi connectivity index (χ0n) is 15.4. The van der Waals surface area contributed by atoms with Gasteiger partial charge in [-0.1, -0.05) is 47.5 Å². The fraction of sp³-hybridized carbons (Fsp3) is 0.0909. The lowest BCUT2D eigenvalue weighted by Gasteiger charge is -2.36. The van der Waals surface area contributed by atoms with E-state index in [9.17, 15) is 10.1 Å². The van der Waals surface area contributed by atoms with Crippen LogP contribution in [0.3, 0.4) is 0 Å². The van der Waals surface area contributed by atoms with Gasteiger partial charge < -0.3 is 16.0 Å². The first-order valence-electron chi connectivity index (χ1n) is 8.81. The second kappa shape index (κ2) is 7.00. The number of hydrogen-bond donors (Lipinski definition) is 3. The van der Waals surface area contributed by atoms with E-state index in [1.165, 1.54) is 0 Å². The van der Waals surface area contributed by atoms with Gasteiger partial charge in [0, 0.05) is 15.6 Å². The summed E-state index contributed by atoms with van der Waals surface area (Å²) in [6.07, 6.45) is 2.03. The van der Waals surface area contributed by atoms with Crippen LogP contribution >= 0.6 is 23.2 Å². The van der Waals surface area contributed by atoms with Crippen molar-refractivity contribution in [2.75, 3.05) is 11.1 Å². The molecule has 7 heteroatoms. The smallest absolute Gasteiger partial charge is 0.269 e. The second-order valence-electron chi connectivity index (χ2n) is 7.00. The molecule has 4 rings (SSSR count). The van der Waals surface area contributed by atoms with Gasteiger partial charge in [-0.2, -0.15) is 5.26 Å². The molecule has 2 aromatic carbocycles. The van der Waals surface area contributed by atoms with Crippen LogP contribution in [0, 0.1) is 11.3 Å². The summed E-state index contributed by atoms with van der Waals surface area (Å²) in [6.45, 7) is 1.97. The van der Waals surface area contributed by atoms with Crippen LogP contribution in [-0.4, -0.2) is 4.98 Å². The Hall–Kier alpha value is -3.20. The molecule has 29 heavy (non-hydrogen) atoms. The Morgan fingerprint density at radius 3 is 2.21 bits per heavy atom. The zero-order chi connectivity index (χ0) is 20.8. The van der Waals surface area contributed by atoms with Crippen LogP contribution in [0.5, 0.6) is 0 Å². The van der Waals surface area contributed by atoms with Gasteiger partial charge in [-0.3, -0.25) is 4.79 Å². The molecule has 1 unspecified atom stereocenters. The topological polar surface area (TPSA) is 94.7 Å². The summed E-state index contributed by atoms with van der Waals surface area (Å²) in [4.78, 5) is 14.9. The fourth-order valence-corrected chi connectivity index (χ4v) is 3.85. The molecule has 0 spiro atoms. The van der Waals surface area contributed by atoms with Crippen molar-refractivity contribution in [2.24, 2.45) is 0 Å². The number of halogens is 2. The first-order valence-corrected chi connectivity index (χ1v) is 9.57. The number of anilines is 2. The number of nitrogens with zero attached hydrogens (tertiary/aromatic N) is 1. The van der Waals surface area contributed by atoms with Crippen molar-refractivity contribution in [1.29, 1.82) is 5.26 Å². The Balaban J connectivity index is 2.04. The lowest BCUT2D eigenvalue weighted by Crippen LogP contribution is -2.35. The average Bonchev–Trinajstić information content (AvgIpc) is 2.68. The Kier molecular flexibility index (Phi) is 4.62. The van der Waals surface area contributed by atoms with Crippen LogP contribution in [0.4, 0.5) is 11.5 Å². The highest BCUT2D eigenvalue weighted by molar-refractivity contribution is 6.30. The van der Waals surface area contributed by atoms with Crippen molar-refractivity contribution in [3.63, 3.8) is 0 Å². The van der Waals surface area contributed by atoms with E-state index in [4.69, 9.17) is 28.9 Å². The first kappa shape index (κ1) is 19.1. The third-order valence-electron chi connectivity index (χ3n) is 5.04. The van der Waals surface area contributed by atoms with Gasteiger partial charge >= 0.3 is 0 Å². The van der Waals surface area contributed by atoms with Gasteiger partial charge in [-0.25, -0.2) is 0 Å². The molecule has 1 aliphatic heterocycles. The van der Waals surface area contributed by atoms with E-state index in [1.54, 1.807) is 24.3 Å². The minimum atomic E-state index is -0.710. The molecule has 3 aromatic rings. The highest BCUT2D eigenvalue weighted by Gasteiger charge is 2.34. The normalized spacial score (nSPS) is 17.7. The van der Waals surface area contributed by atoms with Crippen molar-refractivity contribution in [2.45, 2.75) is 12.5 Å². The monoisotopic (exact) mass is 422 g/mol. The molecular formula is C22H16Cl2N4O. The summed E-state index contributed by atoms with van der Waals surface area (Å²) in [7, 11) is 0. The van der Waals surface area contributed by atoms with E-state index in [0.29, 0.717) is 21.3 Å². The van der Waals surface area contributed by atoms with Gasteiger partial charge in [0.25, 0.3) is 5.56 Å². The van der Waals surface area contributed by atoms with Gasteiger partial charge in [0.15, 0.2) is 0 Å². The standard InChI is InChI=1S/C22H16Cl2N4O/c1-22(13-4-8-15(24)9-5-13)10-16(12-2-6-14(23)7-3-12)18-19(28-22)17(11-25)21(29)27-20(18)26/h2-10,28H,1H3,(H3,26,27,29). The van der Waals surface area contributed by atoms with Crippen molar-refractivity contribution in [1.82, 2.24) is 4.98 Å². The third-order valence-corrected chi connectivity index (χ3v) is 5.55. The molecule has 144 valence electrons. The Morgan fingerprint density at radius 2 is 1.62 bits per heavy atom. The maximum absolute atomic E-state index is 12.4. The van der Waals surface area contributed by atoms with E-state index in [1.807, 2.05) is 43.3 Å². The maximum atomic E-state index is 12.4. The minimum absolute atomic E-state index is 0.0195. The highest BCUT2D eigenvalue weighted by atomic mass is 35.5. The number of nitriles is 1. The van der Waals surface area contributed by atoms with E-state index in [0.717, 1.165) is 16.7 Å². The second-order valence-corrected chi connectivity index (χ2v) is 7.88. The Labute approximate surface area is 177 Å². The highest BCUT2D eigenvalue weighted by Crippen LogP contribution is 2.44. The van der Waals surface area contributed by atoms with Crippen molar-refractivity contribution in [3.8, 4) is 6.07 Å². The fourth-order valence-electron chi connectivity index (χ4n) is 3.60. The minimum Gasteiger partial charge on any atom is -0.385 e. The number of rotatable bonds is 2. The molecule has 0 fully saturated rings. The number of aromatic amines is 1. The third kappa shape index (κ3) is 3.27. The van der Waals surface area contributed by atoms with Gasteiger partial charge in [0.05, 0.1) is 11.2 Å². The summed E-state index contributed by atoms with van der Waals surface area (Å²) in [6, 6.07) is 16.7. The summed E-state index contributed by atoms with van der Waals surface area (Å²) in [5.41, 5.74) is 8.47. The molecule has 0 amide bonds. The lowest BCUT2D eigenvalue weighted by atomic mass is 9.81. The van der Waals surface area contributed by atoms with E-state index in [2.05, 4.69) is 10.3 Å². The maximum Gasteiger partial charge on any atom is 0.269 e. The molecule has 5 nitrogen and oxygen atoms in total. The van der Waals surface area contributed by atoms with Crippen molar-refractivity contribution >= 4 is 40.3 Å². The molecule has 0 saturated carbocycles. The average molecular weight is 423 g/mol. The van der Waals surface area contributed by atoms with E-state index in [-0.39, 0.29) is 11.4 Å². The molecule has 1 aromatic heterocycles. The molecular weight excluding hydrogens is 407 g/mol. The molecule has 1 atom stereocenters. The van der Waals surface area contributed by atoms with Crippen LogP contribution in [0.1, 0.15) is 29.2 Å². The van der Waals surface area contributed by atoms with E-state index < -0.39 is 11.1 Å². The molecule has 0 aliphatic carbocycles. The van der Waals surface area contributed by atoms with Crippen LogP contribution in [0.25, 0.3) is 5.57 Å². The summed E-state index contributed by atoms with van der Waals surface area (Å²) < 4.78 is 0. The number of H-pyrrole nitrogens is 1. The predicted octanol–water partition coefficient (Wildman–Crippen LogP) is 4.91. The summed E-state index contributed by atoms with van der Waals surface area (Å²) in [5.74, 6) is 0.191. The number of pyridine rings is 1. The van der Waals surface area contributed by atoms with Crippen molar-refractivity contribution < 1.29 is 0 Å². The van der Waals surface area contributed by atoms with Crippen LogP contribution in [0.15, 0.2) is 59.4 Å². The van der Waals surface area contributed by atoms with Gasteiger partial charge in [0.1, 0.15) is 17.5 Å². The number of aromatic nitrogens is 1. The van der Waals surface area contributed by atoms with Gasteiger partial charge in [-0.05, 0) is 54.0 Å². The van der Waals surface area contributed by atoms with Crippen molar-refractivity contribution in [3.05, 3.63) is 97.3 Å². The Morgan fingerprint density at radius 1 is 1.03 bits per heavy atom. The quantitative estimate of drug-likeness (QED) is 0.546. The number of hydrogen-bond acceptors (Lipinski definition) is 4. The number of nitrogen functional groups attached to an aromatic ring is 1. The van der Waals surface area contributed by atoms with Gasteiger partial charge in [-0.15, -0.1) is 0 Å². The SMILES string of the molecule is CC1(c2ccc(Cl)cc2)C=C(c2ccc(Cl)cc2)c2c(N)[nH]c(=O)c(C#N)c2N1. The number of nitrogens with two attached hydrogens (primary N) is 1. The summed E-state index contributed by atoms with van der Waals surface area (Å²) in [5, 5.41) is 14.2. The Bertz CT molecular complexity index is 1240. The molecule has 0 bridgehead atoms. The van der Waals surface area contributed by atoms with Crippen LogP contribution in [-0.2, 0) is 5.54 Å². The lowest BCUT2D eigenvalue weighted by molar-refractivity contribution is 0.684.